The third kappa shape index (κ3) is 5.24. The molecule has 0 bridgehead atoms. The molecule has 26 heavy (non-hydrogen) atoms. The number of ether oxygens (including phenoxy) is 4. The molecule has 0 atom stereocenters. The Morgan fingerprint density at radius 3 is 1.73 bits per heavy atom. The number of carbonyl (C=O) groups excluding carboxylic acids is 2. The molecule has 0 saturated carbocycles. The van der Waals surface area contributed by atoms with Crippen molar-refractivity contribution >= 4 is 12.6 Å². The van der Waals surface area contributed by atoms with E-state index in [4.69, 9.17) is 18.9 Å². The highest BCUT2D eigenvalue weighted by Gasteiger charge is 2.07. The molecule has 2 aromatic carbocycles. The van der Waals surface area contributed by atoms with Gasteiger partial charge in [0.05, 0.1) is 27.4 Å². The van der Waals surface area contributed by atoms with Crippen LogP contribution in [0.1, 0.15) is 33.6 Å². The molecule has 0 N–H and O–H groups in total. The first-order valence-corrected chi connectivity index (χ1v) is 8.24. The van der Waals surface area contributed by atoms with Crippen molar-refractivity contribution in [3.63, 3.8) is 0 Å². The zero-order chi connectivity index (χ0) is 18.8. The Hall–Kier alpha value is -3.02. The molecule has 0 aromatic heterocycles. The van der Waals surface area contributed by atoms with E-state index in [-0.39, 0.29) is 0 Å². The number of hydrogen-bond acceptors (Lipinski definition) is 6. The fraction of sp³-hybridized carbons (Fsp3) is 0.300. The Labute approximate surface area is 152 Å². The largest absolute Gasteiger partial charge is 0.493 e. The van der Waals surface area contributed by atoms with E-state index in [9.17, 15) is 9.59 Å². The quantitative estimate of drug-likeness (QED) is 0.452. The lowest BCUT2D eigenvalue weighted by Crippen LogP contribution is -2.04. The molecule has 0 fully saturated rings. The summed E-state index contributed by atoms with van der Waals surface area (Å²) in [6.45, 7) is 0.967. The summed E-state index contributed by atoms with van der Waals surface area (Å²) < 4.78 is 21.8. The van der Waals surface area contributed by atoms with Crippen molar-refractivity contribution in [3.05, 3.63) is 47.5 Å². The molecule has 6 heteroatoms. The van der Waals surface area contributed by atoms with Gasteiger partial charge in [0.25, 0.3) is 0 Å². The van der Waals surface area contributed by atoms with Crippen LogP contribution in [0.15, 0.2) is 36.4 Å². The van der Waals surface area contributed by atoms with Crippen molar-refractivity contribution in [2.45, 2.75) is 12.8 Å². The van der Waals surface area contributed by atoms with Gasteiger partial charge in [0, 0.05) is 11.1 Å². The van der Waals surface area contributed by atoms with Gasteiger partial charge in [-0.3, -0.25) is 9.59 Å². The minimum atomic E-state index is 0.475. The van der Waals surface area contributed by atoms with Crippen LogP contribution in [0.5, 0.6) is 23.0 Å². The fourth-order valence-electron chi connectivity index (χ4n) is 2.32. The van der Waals surface area contributed by atoms with Crippen LogP contribution in [-0.4, -0.2) is 40.0 Å². The van der Waals surface area contributed by atoms with E-state index >= 15 is 0 Å². The normalized spacial score (nSPS) is 10.1. The zero-order valence-corrected chi connectivity index (χ0v) is 14.9. The van der Waals surface area contributed by atoms with Crippen molar-refractivity contribution in [2.75, 3.05) is 27.4 Å². The molecule has 0 aliphatic rings. The second-order valence-corrected chi connectivity index (χ2v) is 5.46. The first-order valence-electron chi connectivity index (χ1n) is 8.24. The van der Waals surface area contributed by atoms with Crippen LogP contribution in [0.2, 0.25) is 0 Å². The molecule has 0 aliphatic carbocycles. The summed E-state index contributed by atoms with van der Waals surface area (Å²) in [6.07, 6.45) is 3.07. The Morgan fingerprint density at radius 1 is 0.692 bits per heavy atom. The van der Waals surface area contributed by atoms with Gasteiger partial charge >= 0.3 is 0 Å². The maximum absolute atomic E-state index is 10.9. The van der Waals surface area contributed by atoms with Gasteiger partial charge in [0.2, 0.25) is 0 Å². The lowest BCUT2D eigenvalue weighted by Gasteiger charge is -2.12. The Morgan fingerprint density at radius 2 is 1.19 bits per heavy atom. The van der Waals surface area contributed by atoms with E-state index in [0.29, 0.717) is 47.3 Å². The lowest BCUT2D eigenvalue weighted by molar-refractivity contribution is 0.111. The van der Waals surface area contributed by atoms with E-state index < -0.39 is 0 Å². The third-order valence-electron chi connectivity index (χ3n) is 3.70. The molecule has 6 nitrogen and oxygen atoms in total. The number of hydrogen-bond donors (Lipinski definition) is 0. The molecule has 0 heterocycles. The molecule has 0 saturated heterocycles. The van der Waals surface area contributed by atoms with Gasteiger partial charge in [0.15, 0.2) is 23.0 Å². The van der Waals surface area contributed by atoms with Crippen molar-refractivity contribution in [1.29, 1.82) is 0 Å². The summed E-state index contributed by atoms with van der Waals surface area (Å²) >= 11 is 0. The highest BCUT2D eigenvalue weighted by atomic mass is 16.5. The first kappa shape index (κ1) is 19.3. The van der Waals surface area contributed by atoms with E-state index in [1.165, 1.54) is 7.11 Å². The number of carbonyl (C=O) groups is 2. The second kappa shape index (κ2) is 10.1. The monoisotopic (exact) mass is 358 g/mol. The highest BCUT2D eigenvalue weighted by molar-refractivity contribution is 5.76. The Kier molecular flexibility index (Phi) is 7.49. The van der Waals surface area contributed by atoms with Crippen molar-refractivity contribution in [1.82, 2.24) is 0 Å². The van der Waals surface area contributed by atoms with Gasteiger partial charge in [-0.1, -0.05) is 0 Å². The van der Waals surface area contributed by atoms with Gasteiger partial charge in [-0.2, -0.15) is 0 Å². The lowest BCUT2D eigenvalue weighted by atomic mass is 10.2. The molecule has 2 rings (SSSR count). The van der Waals surface area contributed by atoms with E-state index in [0.717, 1.165) is 25.4 Å². The first-order chi connectivity index (χ1) is 12.7. The van der Waals surface area contributed by atoms with Crippen LogP contribution >= 0.6 is 0 Å². The van der Waals surface area contributed by atoms with Gasteiger partial charge in [0.1, 0.15) is 12.6 Å². The zero-order valence-electron chi connectivity index (χ0n) is 14.9. The van der Waals surface area contributed by atoms with Crippen LogP contribution in [0.4, 0.5) is 0 Å². The number of unbranched alkanes of at least 4 members (excludes halogenated alkanes) is 1. The number of methoxy groups -OCH3 is 2. The predicted molar refractivity (Wildman–Crippen MR) is 97.0 cm³/mol. The molecular formula is C20H22O6. The number of aldehydes is 2. The van der Waals surface area contributed by atoms with Gasteiger partial charge in [-0.05, 0) is 49.2 Å². The van der Waals surface area contributed by atoms with E-state index in [1.54, 1.807) is 43.5 Å². The van der Waals surface area contributed by atoms with Gasteiger partial charge in [-0.15, -0.1) is 0 Å². The fourth-order valence-corrected chi connectivity index (χ4v) is 2.32. The summed E-state index contributed by atoms with van der Waals surface area (Å²) in [4.78, 5) is 21.6. The molecule has 138 valence electrons. The summed E-state index contributed by atoms with van der Waals surface area (Å²) in [5.41, 5.74) is 1.07. The topological polar surface area (TPSA) is 71.1 Å². The maximum Gasteiger partial charge on any atom is 0.161 e. The predicted octanol–water partition coefficient (Wildman–Crippen LogP) is 3.57. The van der Waals surface area contributed by atoms with Crippen molar-refractivity contribution < 1.29 is 28.5 Å². The summed E-state index contributed by atoms with van der Waals surface area (Å²) in [5.74, 6) is 2.26. The average molecular weight is 358 g/mol. The molecule has 0 unspecified atom stereocenters. The van der Waals surface area contributed by atoms with Crippen LogP contribution in [0.3, 0.4) is 0 Å². The summed E-state index contributed by atoms with van der Waals surface area (Å²) in [5, 5.41) is 0. The third-order valence-corrected chi connectivity index (χ3v) is 3.70. The van der Waals surface area contributed by atoms with E-state index in [2.05, 4.69) is 0 Å². The SMILES string of the molecule is COc1cc(C=O)ccc1OCCCCOc1cc(C=O)ccc1OC. The van der Waals surface area contributed by atoms with Gasteiger partial charge in [-0.25, -0.2) is 0 Å². The van der Waals surface area contributed by atoms with Crippen molar-refractivity contribution in [2.24, 2.45) is 0 Å². The maximum atomic E-state index is 10.9. The highest BCUT2D eigenvalue weighted by Crippen LogP contribution is 2.29. The minimum Gasteiger partial charge on any atom is -0.493 e. The van der Waals surface area contributed by atoms with Gasteiger partial charge < -0.3 is 18.9 Å². The number of benzene rings is 2. The minimum absolute atomic E-state index is 0.475. The molecule has 0 amide bonds. The Bertz CT molecular complexity index is 741. The molecular weight excluding hydrogens is 336 g/mol. The number of rotatable bonds is 11. The van der Waals surface area contributed by atoms with Crippen LogP contribution in [0.25, 0.3) is 0 Å². The molecule has 0 radical (unpaired) electrons. The van der Waals surface area contributed by atoms with Crippen LogP contribution in [-0.2, 0) is 0 Å². The van der Waals surface area contributed by atoms with Crippen LogP contribution in [0, 0.1) is 0 Å². The molecule has 2 aromatic rings. The molecule has 0 aliphatic heterocycles. The summed E-state index contributed by atoms with van der Waals surface area (Å²) in [6, 6.07) is 10.1. The standard InChI is InChI=1S/C20H22O6/c1-23-17-7-5-16(14-22)12-20(17)26-10-4-3-9-25-18-8-6-15(13-21)11-19(18)24-2/h5-8,11-14H,3-4,9-10H2,1-2H3. The second-order valence-electron chi connectivity index (χ2n) is 5.46. The summed E-state index contributed by atoms with van der Waals surface area (Å²) in [7, 11) is 3.09. The van der Waals surface area contributed by atoms with Crippen molar-refractivity contribution in [3.8, 4) is 23.0 Å². The Balaban J connectivity index is 1.78. The average Bonchev–Trinajstić information content (AvgIpc) is 2.70. The van der Waals surface area contributed by atoms with E-state index in [1.807, 2.05) is 0 Å². The molecule has 0 spiro atoms. The smallest absolute Gasteiger partial charge is 0.161 e. The van der Waals surface area contributed by atoms with Crippen LogP contribution < -0.4 is 18.9 Å².